The minimum atomic E-state index is 0.312. The molecule has 0 amide bonds. The minimum absolute atomic E-state index is 0.312. The molecule has 110 valence electrons. The first-order chi connectivity index (χ1) is 9.01. The zero-order chi connectivity index (χ0) is 14.4. The molecule has 4 nitrogen and oxygen atoms in total. The third-order valence-corrected chi connectivity index (χ3v) is 3.32. The first kappa shape index (κ1) is 16.0. The molecule has 0 aliphatic rings. The van der Waals surface area contributed by atoms with Gasteiger partial charge in [0.25, 0.3) is 0 Å². The molecule has 1 rings (SSSR count). The highest BCUT2D eigenvalue weighted by atomic mass is 16.5. The van der Waals surface area contributed by atoms with Gasteiger partial charge >= 0.3 is 0 Å². The smallest absolute Gasteiger partial charge is 0.161 e. The molecule has 0 saturated heterocycles. The second kappa shape index (κ2) is 7.53. The number of nitrogens with zero attached hydrogens (tertiary/aromatic N) is 2. The van der Waals surface area contributed by atoms with E-state index in [1.807, 2.05) is 6.20 Å². The second-order valence-corrected chi connectivity index (χ2v) is 5.72. The summed E-state index contributed by atoms with van der Waals surface area (Å²) in [4.78, 5) is 0. The number of nitrogens with one attached hydrogen (secondary N) is 1. The van der Waals surface area contributed by atoms with E-state index in [1.54, 1.807) is 7.11 Å². The van der Waals surface area contributed by atoms with Crippen LogP contribution in [0.3, 0.4) is 0 Å². The number of ether oxygens (including phenoxy) is 1. The van der Waals surface area contributed by atoms with Gasteiger partial charge in [-0.15, -0.1) is 0 Å². The van der Waals surface area contributed by atoms with Crippen LogP contribution in [0.15, 0.2) is 6.20 Å². The largest absolute Gasteiger partial charge is 0.493 e. The van der Waals surface area contributed by atoms with E-state index in [2.05, 4.69) is 49.7 Å². The average Bonchev–Trinajstić information content (AvgIpc) is 2.77. The van der Waals surface area contributed by atoms with Crippen molar-refractivity contribution in [2.75, 3.05) is 13.7 Å². The third-order valence-electron chi connectivity index (χ3n) is 3.32. The lowest BCUT2D eigenvalue weighted by Crippen LogP contribution is -2.25. The van der Waals surface area contributed by atoms with Crippen LogP contribution < -0.4 is 10.1 Å². The summed E-state index contributed by atoms with van der Waals surface area (Å²) >= 11 is 0. The molecule has 0 spiro atoms. The predicted octanol–water partition coefficient (Wildman–Crippen LogP) is 3.56. The van der Waals surface area contributed by atoms with Crippen molar-refractivity contribution in [3.05, 3.63) is 11.9 Å². The van der Waals surface area contributed by atoms with E-state index in [-0.39, 0.29) is 0 Å². The molecule has 0 radical (unpaired) electrons. The summed E-state index contributed by atoms with van der Waals surface area (Å²) in [5.41, 5.74) is 1.18. The Morgan fingerprint density at radius 2 is 1.95 bits per heavy atom. The fourth-order valence-electron chi connectivity index (χ4n) is 2.34. The van der Waals surface area contributed by atoms with Gasteiger partial charge in [-0.2, -0.15) is 5.10 Å². The molecule has 1 heterocycles. The lowest BCUT2D eigenvalue weighted by Gasteiger charge is -2.23. The van der Waals surface area contributed by atoms with E-state index < -0.39 is 0 Å². The SMILES string of the molecule is CCNC(CCC(C)C)c1c(OC)cnn1C(C)C. The molecule has 0 aliphatic carbocycles. The molecule has 0 saturated carbocycles. The van der Waals surface area contributed by atoms with Crippen LogP contribution in [0.5, 0.6) is 5.75 Å². The van der Waals surface area contributed by atoms with Gasteiger partial charge < -0.3 is 10.1 Å². The van der Waals surface area contributed by atoms with Crippen molar-refractivity contribution >= 4 is 0 Å². The van der Waals surface area contributed by atoms with Gasteiger partial charge in [-0.3, -0.25) is 4.68 Å². The summed E-state index contributed by atoms with van der Waals surface area (Å²) in [7, 11) is 1.72. The van der Waals surface area contributed by atoms with Crippen LogP contribution in [0, 0.1) is 5.92 Å². The van der Waals surface area contributed by atoms with Crippen molar-refractivity contribution in [1.82, 2.24) is 15.1 Å². The van der Waals surface area contributed by atoms with E-state index in [0.717, 1.165) is 18.7 Å². The van der Waals surface area contributed by atoms with E-state index in [4.69, 9.17) is 4.74 Å². The molecule has 1 N–H and O–H groups in total. The molecule has 0 aliphatic heterocycles. The van der Waals surface area contributed by atoms with Crippen LogP contribution >= 0.6 is 0 Å². The highest BCUT2D eigenvalue weighted by molar-refractivity contribution is 5.28. The lowest BCUT2D eigenvalue weighted by molar-refractivity contribution is 0.367. The van der Waals surface area contributed by atoms with E-state index >= 15 is 0 Å². The number of rotatable bonds is 8. The third kappa shape index (κ3) is 4.23. The summed E-state index contributed by atoms with van der Waals surface area (Å²) in [6, 6.07) is 0.659. The van der Waals surface area contributed by atoms with Gasteiger partial charge in [0.1, 0.15) is 0 Å². The summed E-state index contributed by atoms with van der Waals surface area (Å²) in [6.45, 7) is 11.9. The Labute approximate surface area is 117 Å². The Hall–Kier alpha value is -1.03. The number of hydrogen-bond acceptors (Lipinski definition) is 3. The van der Waals surface area contributed by atoms with Gasteiger partial charge in [-0.1, -0.05) is 20.8 Å². The van der Waals surface area contributed by atoms with Crippen LogP contribution in [0.4, 0.5) is 0 Å². The first-order valence-electron chi connectivity index (χ1n) is 7.35. The van der Waals surface area contributed by atoms with Gasteiger partial charge in [0.05, 0.1) is 25.0 Å². The van der Waals surface area contributed by atoms with Crippen molar-refractivity contribution < 1.29 is 4.74 Å². The topological polar surface area (TPSA) is 39.1 Å². The number of methoxy groups -OCH3 is 1. The van der Waals surface area contributed by atoms with Crippen LogP contribution in [0.1, 0.15) is 65.2 Å². The Bertz CT molecular complexity index is 371. The zero-order valence-electron chi connectivity index (χ0n) is 13.2. The van der Waals surface area contributed by atoms with Crippen molar-refractivity contribution in [2.24, 2.45) is 5.92 Å². The van der Waals surface area contributed by atoms with E-state index in [9.17, 15) is 0 Å². The van der Waals surface area contributed by atoms with Crippen LogP contribution in [0.2, 0.25) is 0 Å². The van der Waals surface area contributed by atoms with Gasteiger partial charge in [-0.05, 0) is 39.2 Å². The molecule has 1 unspecified atom stereocenters. The van der Waals surface area contributed by atoms with Gasteiger partial charge in [0.15, 0.2) is 5.75 Å². The highest BCUT2D eigenvalue weighted by Crippen LogP contribution is 2.31. The fraction of sp³-hybridized carbons (Fsp3) is 0.800. The molecule has 1 atom stereocenters. The van der Waals surface area contributed by atoms with Gasteiger partial charge in [0, 0.05) is 6.04 Å². The molecular weight excluding hydrogens is 238 g/mol. The molecule has 0 aromatic carbocycles. The average molecular weight is 267 g/mol. The van der Waals surface area contributed by atoms with Crippen molar-refractivity contribution in [2.45, 2.75) is 59.5 Å². The standard InChI is InChI=1S/C15H29N3O/c1-7-16-13(9-8-11(2)3)15-14(19-6)10-17-18(15)12(4)5/h10-13,16H,7-9H2,1-6H3. The molecule has 4 heteroatoms. The molecule has 0 bridgehead atoms. The van der Waals surface area contributed by atoms with Crippen molar-refractivity contribution in [3.63, 3.8) is 0 Å². The highest BCUT2D eigenvalue weighted by Gasteiger charge is 2.22. The maximum atomic E-state index is 5.49. The van der Waals surface area contributed by atoms with Gasteiger partial charge in [-0.25, -0.2) is 0 Å². The molecule has 1 aromatic heterocycles. The summed E-state index contributed by atoms with van der Waals surface area (Å²) in [6.07, 6.45) is 4.14. The molecule has 19 heavy (non-hydrogen) atoms. The summed E-state index contributed by atoms with van der Waals surface area (Å²) in [5.74, 6) is 1.60. The van der Waals surface area contributed by atoms with Crippen molar-refractivity contribution in [1.29, 1.82) is 0 Å². The van der Waals surface area contributed by atoms with E-state index in [1.165, 1.54) is 12.1 Å². The Morgan fingerprint density at radius 1 is 1.26 bits per heavy atom. The molecular formula is C15H29N3O. The van der Waals surface area contributed by atoms with Crippen LogP contribution in [-0.4, -0.2) is 23.4 Å². The monoisotopic (exact) mass is 267 g/mol. The Balaban J connectivity index is 3.01. The summed E-state index contributed by atoms with van der Waals surface area (Å²) in [5, 5.41) is 8.04. The van der Waals surface area contributed by atoms with Crippen LogP contribution in [-0.2, 0) is 0 Å². The predicted molar refractivity (Wildman–Crippen MR) is 79.7 cm³/mol. The molecule has 0 fully saturated rings. The van der Waals surface area contributed by atoms with Crippen molar-refractivity contribution in [3.8, 4) is 5.75 Å². The first-order valence-corrected chi connectivity index (χ1v) is 7.35. The second-order valence-electron chi connectivity index (χ2n) is 5.72. The number of hydrogen-bond donors (Lipinski definition) is 1. The minimum Gasteiger partial charge on any atom is -0.493 e. The van der Waals surface area contributed by atoms with E-state index in [0.29, 0.717) is 18.0 Å². The maximum Gasteiger partial charge on any atom is 0.161 e. The van der Waals surface area contributed by atoms with Gasteiger partial charge in [0.2, 0.25) is 0 Å². The fourth-order valence-corrected chi connectivity index (χ4v) is 2.34. The quantitative estimate of drug-likeness (QED) is 0.782. The molecule has 1 aromatic rings. The Morgan fingerprint density at radius 3 is 2.42 bits per heavy atom. The normalized spacial score (nSPS) is 13.3. The Kier molecular flexibility index (Phi) is 6.35. The lowest BCUT2D eigenvalue weighted by atomic mass is 10.0. The van der Waals surface area contributed by atoms with Crippen LogP contribution in [0.25, 0.3) is 0 Å². The number of aromatic nitrogens is 2. The maximum absolute atomic E-state index is 5.49. The zero-order valence-corrected chi connectivity index (χ0v) is 13.2. The summed E-state index contributed by atoms with van der Waals surface area (Å²) < 4.78 is 7.56.